The van der Waals surface area contributed by atoms with Crippen molar-refractivity contribution in [2.24, 2.45) is 0 Å². The predicted octanol–water partition coefficient (Wildman–Crippen LogP) is 22.3. The second-order valence-electron chi connectivity index (χ2n) is 21.6. The number of ether oxygens (including phenoxy) is 3. The Balaban J connectivity index is 4.32. The van der Waals surface area contributed by atoms with E-state index in [1.807, 2.05) is 0 Å². The number of rotatable bonds is 59. The lowest BCUT2D eigenvalue weighted by Crippen LogP contribution is -2.30. The molecule has 0 aliphatic rings. The van der Waals surface area contributed by atoms with Crippen LogP contribution in [0.25, 0.3) is 0 Å². The van der Waals surface area contributed by atoms with Gasteiger partial charge in [0.2, 0.25) is 0 Å². The summed E-state index contributed by atoms with van der Waals surface area (Å²) in [6, 6.07) is 0. The van der Waals surface area contributed by atoms with Gasteiger partial charge in [-0.25, -0.2) is 0 Å². The molecule has 438 valence electrons. The number of allylic oxidation sites excluding steroid dienone is 14. The Bertz CT molecular complexity index is 1450. The van der Waals surface area contributed by atoms with Gasteiger partial charge in [-0.2, -0.15) is 0 Å². The van der Waals surface area contributed by atoms with Gasteiger partial charge in [0, 0.05) is 19.3 Å². The largest absolute Gasteiger partial charge is 0.462 e. The number of esters is 3. The minimum absolute atomic E-state index is 0.0801. The maximum atomic E-state index is 12.9. The Morgan fingerprint density at radius 3 is 0.816 bits per heavy atom. The third kappa shape index (κ3) is 61.4. The quantitative estimate of drug-likeness (QED) is 0.0261. The average Bonchev–Trinajstić information content (AvgIpc) is 3.42. The zero-order valence-corrected chi connectivity index (χ0v) is 50.3. The van der Waals surface area contributed by atoms with Gasteiger partial charge in [-0.05, 0) is 96.3 Å². The number of carbonyl (C=O) groups is 3. The highest BCUT2D eigenvalue weighted by atomic mass is 16.6. The Labute approximate surface area is 471 Å². The van der Waals surface area contributed by atoms with Crippen LogP contribution in [0, 0.1) is 0 Å². The maximum Gasteiger partial charge on any atom is 0.306 e. The molecule has 0 saturated carbocycles. The molecule has 6 nitrogen and oxygen atoms in total. The molecule has 1 unspecified atom stereocenters. The molecule has 0 rings (SSSR count). The van der Waals surface area contributed by atoms with E-state index in [0.29, 0.717) is 19.3 Å². The lowest BCUT2D eigenvalue weighted by molar-refractivity contribution is -0.167. The van der Waals surface area contributed by atoms with E-state index in [1.165, 1.54) is 173 Å². The van der Waals surface area contributed by atoms with Crippen molar-refractivity contribution in [2.45, 2.75) is 329 Å². The van der Waals surface area contributed by atoms with Crippen LogP contribution >= 0.6 is 0 Å². The van der Waals surface area contributed by atoms with Crippen molar-refractivity contribution in [3.8, 4) is 0 Å². The summed E-state index contributed by atoms with van der Waals surface area (Å²) in [5.41, 5.74) is 0. The molecule has 0 aliphatic heterocycles. The van der Waals surface area contributed by atoms with E-state index < -0.39 is 6.10 Å². The van der Waals surface area contributed by atoms with Crippen LogP contribution in [0.15, 0.2) is 85.1 Å². The van der Waals surface area contributed by atoms with Crippen molar-refractivity contribution in [3.05, 3.63) is 85.1 Å². The van der Waals surface area contributed by atoms with Crippen LogP contribution in [-0.2, 0) is 28.6 Å². The van der Waals surface area contributed by atoms with E-state index in [-0.39, 0.29) is 31.1 Å². The third-order valence-corrected chi connectivity index (χ3v) is 14.1. The summed E-state index contributed by atoms with van der Waals surface area (Å²) in [7, 11) is 0. The summed E-state index contributed by atoms with van der Waals surface area (Å²) < 4.78 is 16.9. The van der Waals surface area contributed by atoms with Gasteiger partial charge >= 0.3 is 17.9 Å². The minimum atomic E-state index is -0.782. The first kappa shape index (κ1) is 72.6. The molecule has 0 saturated heterocycles. The molecule has 0 amide bonds. The summed E-state index contributed by atoms with van der Waals surface area (Å²) >= 11 is 0. The first-order valence-corrected chi connectivity index (χ1v) is 32.6. The fraction of sp³-hybridized carbons (Fsp3) is 0.757. The van der Waals surface area contributed by atoms with Gasteiger partial charge in [-0.15, -0.1) is 0 Å². The highest BCUT2D eigenvalue weighted by Gasteiger charge is 2.19. The van der Waals surface area contributed by atoms with Gasteiger partial charge in [0.05, 0.1) is 0 Å². The fourth-order valence-corrected chi connectivity index (χ4v) is 9.27. The monoisotopic (exact) mass is 1060 g/mol. The minimum Gasteiger partial charge on any atom is -0.462 e. The smallest absolute Gasteiger partial charge is 0.306 e. The summed E-state index contributed by atoms with van der Waals surface area (Å²) in [5.74, 6) is -0.881. The molecular formula is C70H122O6. The van der Waals surface area contributed by atoms with Crippen LogP contribution in [-0.4, -0.2) is 37.2 Å². The third-order valence-electron chi connectivity index (χ3n) is 14.1. The van der Waals surface area contributed by atoms with Crippen molar-refractivity contribution in [2.75, 3.05) is 13.2 Å². The maximum absolute atomic E-state index is 12.9. The molecule has 0 aromatic rings. The Morgan fingerprint density at radius 2 is 0.513 bits per heavy atom. The summed E-state index contributed by atoms with van der Waals surface area (Å²) in [6.07, 6.45) is 84.4. The second-order valence-corrected chi connectivity index (χ2v) is 21.6. The Kier molecular flexibility index (Phi) is 61.2. The van der Waals surface area contributed by atoms with Gasteiger partial charge in [-0.1, -0.05) is 292 Å². The molecule has 0 radical (unpaired) electrons. The van der Waals surface area contributed by atoms with Gasteiger partial charge in [0.15, 0.2) is 6.10 Å². The van der Waals surface area contributed by atoms with Crippen molar-refractivity contribution in [1.29, 1.82) is 0 Å². The van der Waals surface area contributed by atoms with E-state index in [1.54, 1.807) is 0 Å². The van der Waals surface area contributed by atoms with Crippen LogP contribution in [0.5, 0.6) is 0 Å². The van der Waals surface area contributed by atoms with Crippen molar-refractivity contribution in [3.63, 3.8) is 0 Å². The molecule has 0 fully saturated rings. The van der Waals surface area contributed by atoms with E-state index >= 15 is 0 Å². The zero-order valence-electron chi connectivity index (χ0n) is 50.3. The van der Waals surface area contributed by atoms with Crippen LogP contribution in [0.3, 0.4) is 0 Å². The molecule has 6 heteroatoms. The first-order chi connectivity index (χ1) is 37.5. The van der Waals surface area contributed by atoms with Gasteiger partial charge in [0.25, 0.3) is 0 Å². The molecular weight excluding hydrogens is 937 g/mol. The lowest BCUT2D eigenvalue weighted by atomic mass is 10.0. The summed E-state index contributed by atoms with van der Waals surface area (Å²) in [6.45, 7) is 6.54. The average molecular weight is 1060 g/mol. The van der Waals surface area contributed by atoms with E-state index in [9.17, 15) is 14.4 Å². The molecule has 0 bridgehead atoms. The van der Waals surface area contributed by atoms with Crippen LogP contribution in [0.1, 0.15) is 323 Å². The van der Waals surface area contributed by atoms with E-state index in [0.717, 1.165) is 109 Å². The number of carbonyl (C=O) groups excluding carboxylic acids is 3. The summed E-state index contributed by atoms with van der Waals surface area (Å²) in [5, 5.41) is 0. The molecule has 0 aliphatic carbocycles. The first-order valence-electron chi connectivity index (χ1n) is 32.6. The van der Waals surface area contributed by atoms with E-state index in [4.69, 9.17) is 14.2 Å². The van der Waals surface area contributed by atoms with Crippen molar-refractivity contribution >= 4 is 17.9 Å². The molecule has 1 atom stereocenters. The molecule has 0 N–H and O–H groups in total. The van der Waals surface area contributed by atoms with Gasteiger partial charge in [-0.3, -0.25) is 14.4 Å². The Morgan fingerprint density at radius 1 is 0.276 bits per heavy atom. The summed E-state index contributed by atoms with van der Waals surface area (Å²) in [4.78, 5) is 38.3. The Hall–Kier alpha value is -3.41. The molecule has 0 aromatic heterocycles. The normalized spacial score (nSPS) is 12.6. The SMILES string of the molecule is CC/C=C\C/C=C\C/C=C\C/C=C\C/C=C\C/C=C\CCCCCCCCCCC(=O)OCC(COC(=O)CCCCCCC/C=C\CCCCCCC)OC(=O)CCCCCCCCCCCCCCCCCCC. The zero-order chi connectivity index (χ0) is 55.0. The number of hydrogen-bond donors (Lipinski definition) is 0. The molecule has 0 aromatic carbocycles. The van der Waals surface area contributed by atoms with E-state index in [2.05, 4.69) is 106 Å². The topological polar surface area (TPSA) is 78.9 Å². The van der Waals surface area contributed by atoms with Crippen LogP contribution in [0.4, 0.5) is 0 Å². The highest BCUT2D eigenvalue weighted by molar-refractivity contribution is 5.71. The van der Waals surface area contributed by atoms with Crippen LogP contribution in [0.2, 0.25) is 0 Å². The number of hydrogen-bond acceptors (Lipinski definition) is 6. The number of unbranched alkanes of at least 4 members (excludes halogenated alkanes) is 34. The van der Waals surface area contributed by atoms with Crippen molar-refractivity contribution in [1.82, 2.24) is 0 Å². The molecule has 0 heterocycles. The van der Waals surface area contributed by atoms with Gasteiger partial charge in [0.1, 0.15) is 13.2 Å². The highest BCUT2D eigenvalue weighted by Crippen LogP contribution is 2.17. The van der Waals surface area contributed by atoms with Crippen molar-refractivity contribution < 1.29 is 28.6 Å². The fourth-order valence-electron chi connectivity index (χ4n) is 9.27. The van der Waals surface area contributed by atoms with Crippen LogP contribution < -0.4 is 0 Å². The van der Waals surface area contributed by atoms with Gasteiger partial charge < -0.3 is 14.2 Å². The molecule has 76 heavy (non-hydrogen) atoms. The molecule has 0 spiro atoms. The second kappa shape index (κ2) is 64.1. The lowest BCUT2D eigenvalue weighted by Gasteiger charge is -2.18. The predicted molar refractivity (Wildman–Crippen MR) is 330 cm³/mol. The standard InChI is InChI=1S/C70H122O6/c1-4-7-10-13-16-19-22-25-28-30-31-32-33-34-35-36-37-38-39-41-42-45-48-51-54-57-60-63-69(72)75-66-67(65-74-68(71)62-59-56-53-50-47-44-27-24-21-18-15-12-9-6-3)76-70(73)64-61-58-55-52-49-46-43-40-29-26-23-20-17-14-11-8-5-2/h7,10,16,19,24-25,27-28,31-32,34-35,37-38,67H,4-6,8-9,11-15,17-18,20-23,26,29-30,33,36,39-66H2,1-3H3/b10-7-,19-16-,27-24-,28-25-,32-31-,35-34-,38-37-.